The Morgan fingerprint density at radius 3 is 2.69 bits per heavy atom. The molecule has 0 spiro atoms. The Hall–Kier alpha value is -2.76. The maximum Gasteiger partial charge on any atom is 0.293 e. The van der Waals surface area contributed by atoms with Crippen LogP contribution in [0.1, 0.15) is 55.7 Å². The van der Waals surface area contributed by atoms with Gasteiger partial charge in [0.15, 0.2) is 11.5 Å². The molecule has 2 fully saturated rings. The first-order valence-electron chi connectivity index (χ1n) is 11.8. The number of nitrogens with zero attached hydrogens (tertiary/aromatic N) is 2. The molecule has 2 amide bonds. The van der Waals surface area contributed by atoms with Gasteiger partial charge in [-0.05, 0) is 83.2 Å². The highest BCUT2D eigenvalue weighted by atomic mass is 79.9. The summed E-state index contributed by atoms with van der Waals surface area (Å²) in [6, 6.07) is 13.1. The Bertz CT molecular complexity index is 1180. The second-order valence-corrected chi connectivity index (χ2v) is 10.5. The van der Waals surface area contributed by atoms with Gasteiger partial charge in [-0.15, -0.1) is 0 Å². The van der Waals surface area contributed by atoms with E-state index in [0.717, 1.165) is 35.7 Å². The topological polar surface area (TPSA) is 79.6 Å². The Kier molecular flexibility index (Phi) is 8.53. The molecule has 0 radical (unpaired) electrons. The summed E-state index contributed by atoms with van der Waals surface area (Å²) in [6.07, 6.45) is 7.45. The fraction of sp³-hybridized carbons (Fsp3) is 0.370. The molecule has 1 aliphatic carbocycles. The van der Waals surface area contributed by atoms with E-state index in [1.807, 2.05) is 31.2 Å². The molecule has 1 saturated carbocycles. The minimum absolute atomic E-state index is 0.202. The fourth-order valence-corrected chi connectivity index (χ4v) is 5.84. The number of amides is 2. The minimum atomic E-state index is -0.229. The molecule has 1 heterocycles. The number of hydrogen-bond donors (Lipinski definition) is 0. The van der Waals surface area contributed by atoms with Crippen LogP contribution >= 0.6 is 27.7 Å². The lowest BCUT2D eigenvalue weighted by Gasteiger charge is -2.25. The molecule has 0 N–H and O–H groups in total. The van der Waals surface area contributed by atoms with Crippen LogP contribution in [0.25, 0.3) is 6.08 Å². The summed E-state index contributed by atoms with van der Waals surface area (Å²) < 4.78 is 12.5. The van der Waals surface area contributed by atoms with Gasteiger partial charge in [-0.2, -0.15) is 5.26 Å². The molecule has 8 heteroatoms. The second kappa shape index (κ2) is 11.8. The first-order valence-corrected chi connectivity index (χ1v) is 13.4. The molecule has 0 atom stereocenters. The maximum absolute atomic E-state index is 13.0. The number of benzene rings is 2. The van der Waals surface area contributed by atoms with Crippen molar-refractivity contribution in [2.75, 3.05) is 13.2 Å². The summed E-state index contributed by atoms with van der Waals surface area (Å²) in [5.74, 6) is 1.21. The third-order valence-electron chi connectivity index (χ3n) is 6.18. The number of thioether (sulfide) groups is 1. The third-order valence-corrected chi connectivity index (χ3v) is 7.67. The summed E-state index contributed by atoms with van der Waals surface area (Å²) in [5, 5.41) is 9.13. The Balaban J connectivity index is 1.53. The SMILES string of the molecule is CCOc1cc(/C=C2/SC(=O)N(CC3CCCCC3)C2=O)cc(Br)c1OCc1ccccc1C#N. The van der Waals surface area contributed by atoms with Gasteiger partial charge in [0.05, 0.1) is 27.6 Å². The average molecular weight is 555 g/mol. The molecule has 182 valence electrons. The largest absolute Gasteiger partial charge is 0.490 e. The standard InChI is InChI=1S/C27H27BrN2O4S/c1-2-33-23-13-19(12-22(28)25(23)34-17-21-11-7-6-10-20(21)15-29)14-24-26(31)30(27(32)35-24)16-18-8-4-3-5-9-18/h6-7,10-14,18H,2-5,8-9,16-17H2,1H3/b24-14+. The normalized spacial score (nSPS) is 17.6. The van der Waals surface area contributed by atoms with E-state index < -0.39 is 0 Å². The van der Waals surface area contributed by atoms with Crippen LogP contribution in [0.3, 0.4) is 0 Å². The van der Waals surface area contributed by atoms with Gasteiger partial charge in [-0.3, -0.25) is 14.5 Å². The van der Waals surface area contributed by atoms with E-state index in [9.17, 15) is 14.9 Å². The van der Waals surface area contributed by atoms with Gasteiger partial charge in [0.25, 0.3) is 11.1 Å². The average Bonchev–Trinajstić information content (AvgIpc) is 3.12. The van der Waals surface area contributed by atoms with Gasteiger partial charge >= 0.3 is 0 Å². The molecule has 1 aliphatic heterocycles. The maximum atomic E-state index is 13.0. The lowest BCUT2D eigenvalue weighted by Crippen LogP contribution is -2.34. The van der Waals surface area contributed by atoms with Crippen LogP contribution in [0.4, 0.5) is 4.79 Å². The molecule has 0 aromatic heterocycles. The molecule has 2 aromatic rings. The molecule has 35 heavy (non-hydrogen) atoms. The van der Waals surface area contributed by atoms with Crippen LogP contribution < -0.4 is 9.47 Å². The van der Waals surface area contributed by atoms with Crippen molar-refractivity contribution in [1.82, 2.24) is 4.90 Å². The minimum Gasteiger partial charge on any atom is -0.490 e. The summed E-state index contributed by atoms with van der Waals surface area (Å²) in [7, 11) is 0. The third kappa shape index (κ3) is 6.09. The van der Waals surface area contributed by atoms with Gasteiger partial charge < -0.3 is 9.47 Å². The summed E-state index contributed by atoms with van der Waals surface area (Å²) in [4.78, 5) is 27.4. The van der Waals surface area contributed by atoms with Crippen LogP contribution in [-0.2, 0) is 11.4 Å². The van der Waals surface area contributed by atoms with Crippen LogP contribution in [-0.4, -0.2) is 29.2 Å². The molecule has 0 unspecified atom stereocenters. The zero-order chi connectivity index (χ0) is 24.8. The molecular formula is C27H27BrN2O4S. The smallest absolute Gasteiger partial charge is 0.293 e. The van der Waals surface area contributed by atoms with Gasteiger partial charge in [0.1, 0.15) is 6.61 Å². The summed E-state index contributed by atoms with van der Waals surface area (Å²) >= 11 is 4.55. The zero-order valence-corrected chi connectivity index (χ0v) is 22.0. The Morgan fingerprint density at radius 2 is 1.94 bits per heavy atom. The molecule has 0 bridgehead atoms. The number of ether oxygens (including phenoxy) is 2. The number of carbonyl (C=O) groups is 2. The van der Waals surface area contributed by atoms with Crippen LogP contribution in [0.15, 0.2) is 45.8 Å². The molecule has 6 nitrogen and oxygen atoms in total. The van der Waals surface area contributed by atoms with Crippen molar-refractivity contribution < 1.29 is 19.1 Å². The molecule has 2 aliphatic rings. The summed E-state index contributed by atoms with van der Waals surface area (Å²) in [6.45, 7) is 3.03. The predicted octanol–water partition coefficient (Wildman–Crippen LogP) is 6.92. The van der Waals surface area contributed by atoms with Gasteiger partial charge in [0, 0.05) is 12.1 Å². The van der Waals surface area contributed by atoms with Gasteiger partial charge in [0.2, 0.25) is 0 Å². The van der Waals surface area contributed by atoms with E-state index in [4.69, 9.17) is 9.47 Å². The monoisotopic (exact) mass is 554 g/mol. The fourth-order valence-electron chi connectivity index (χ4n) is 4.42. The molecule has 1 saturated heterocycles. The van der Waals surface area contributed by atoms with E-state index in [2.05, 4.69) is 22.0 Å². The van der Waals surface area contributed by atoms with Crippen molar-refractivity contribution in [2.24, 2.45) is 5.92 Å². The van der Waals surface area contributed by atoms with Crippen molar-refractivity contribution in [1.29, 1.82) is 5.26 Å². The summed E-state index contributed by atoms with van der Waals surface area (Å²) in [5.41, 5.74) is 2.07. The Morgan fingerprint density at radius 1 is 1.17 bits per heavy atom. The van der Waals surface area contributed by atoms with Crippen molar-refractivity contribution in [3.63, 3.8) is 0 Å². The first-order chi connectivity index (χ1) is 17.0. The highest BCUT2D eigenvalue weighted by Gasteiger charge is 2.36. The number of hydrogen-bond acceptors (Lipinski definition) is 6. The van der Waals surface area contributed by atoms with E-state index in [0.29, 0.717) is 45.5 Å². The van der Waals surface area contributed by atoms with Crippen molar-refractivity contribution >= 4 is 44.9 Å². The van der Waals surface area contributed by atoms with Crippen LogP contribution in [0, 0.1) is 17.2 Å². The molecule has 4 rings (SSSR count). The lowest BCUT2D eigenvalue weighted by molar-refractivity contribution is -0.123. The highest BCUT2D eigenvalue weighted by Crippen LogP contribution is 2.40. The van der Waals surface area contributed by atoms with Crippen molar-refractivity contribution in [3.8, 4) is 17.6 Å². The quantitative estimate of drug-likeness (QED) is 0.329. The molecular weight excluding hydrogens is 528 g/mol. The first kappa shape index (κ1) is 25.3. The lowest BCUT2D eigenvalue weighted by atomic mass is 9.89. The number of rotatable bonds is 8. The van der Waals surface area contributed by atoms with E-state index in [1.54, 1.807) is 18.2 Å². The van der Waals surface area contributed by atoms with Crippen LogP contribution in [0.2, 0.25) is 0 Å². The predicted molar refractivity (Wildman–Crippen MR) is 140 cm³/mol. The second-order valence-electron chi connectivity index (χ2n) is 8.62. The number of halogens is 1. The molecule has 2 aromatic carbocycles. The highest BCUT2D eigenvalue weighted by molar-refractivity contribution is 9.10. The van der Waals surface area contributed by atoms with Crippen molar-refractivity contribution in [2.45, 2.75) is 45.6 Å². The zero-order valence-electron chi connectivity index (χ0n) is 19.6. The van der Waals surface area contributed by atoms with Gasteiger partial charge in [-0.25, -0.2) is 0 Å². The van der Waals surface area contributed by atoms with Crippen LogP contribution in [0.5, 0.6) is 11.5 Å². The number of imide groups is 1. The number of carbonyl (C=O) groups excluding carboxylic acids is 2. The van der Waals surface area contributed by atoms with Crippen molar-refractivity contribution in [3.05, 3.63) is 62.5 Å². The Labute approximate surface area is 218 Å². The van der Waals surface area contributed by atoms with E-state index in [-0.39, 0.29) is 17.8 Å². The van der Waals surface area contributed by atoms with E-state index in [1.165, 1.54) is 24.2 Å². The van der Waals surface area contributed by atoms with E-state index >= 15 is 0 Å². The number of nitriles is 1. The van der Waals surface area contributed by atoms with Gasteiger partial charge in [-0.1, -0.05) is 37.5 Å².